The van der Waals surface area contributed by atoms with E-state index in [2.05, 4.69) is 11.9 Å². The van der Waals surface area contributed by atoms with Crippen LogP contribution in [-0.2, 0) is 11.2 Å². The molecule has 0 aromatic heterocycles. The topological polar surface area (TPSA) is 29.1 Å². The van der Waals surface area contributed by atoms with Gasteiger partial charge in [0.25, 0.3) is 0 Å². The molecule has 1 aromatic rings. The molecule has 2 nitrogen and oxygen atoms in total. The lowest BCUT2D eigenvalue weighted by atomic mass is 10.1. The first-order valence-electron chi connectivity index (χ1n) is 4.43. The zero-order valence-electron chi connectivity index (χ0n) is 8.09. The highest BCUT2D eigenvalue weighted by molar-refractivity contribution is 6.29. The zero-order chi connectivity index (χ0) is 11.3. The van der Waals surface area contributed by atoms with E-state index in [-0.39, 0.29) is 24.7 Å². The minimum absolute atomic E-state index is 0.0108. The molecule has 0 fully saturated rings. The van der Waals surface area contributed by atoms with Gasteiger partial charge in [-0.1, -0.05) is 36.4 Å². The van der Waals surface area contributed by atoms with Gasteiger partial charge in [-0.25, -0.2) is 4.39 Å². The minimum Gasteiger partial charge on any atom is -0.351 e. The Balaban J connectivity index is 2.52. The number of nitrogens with one attached hydrogen (secondary N) is 1. The molecule has 1 aromatic carbocycles. The molecule has 0 aliphatic carbocycles. The standard InChI is InChI=1S/C11H11ClFNO/c1-8(12)7-14-11(15)6-9-4-2-3-5-10(9)13/h2-5H,1,6-7H2,(H,14,15). The summed E-state index contributed by atoms with van der Waals surface area (Å²) in [4.78, 5) is 11.3. The monoisotopic (exact) mass is 227 g/mol. The van der Waals surface area contributed by atoms with E-state index in [1.807, 2.05) is 0 Å². The second-order valence-corrected chi connectivity index (χ2v) is 3.60. The molecule has 0 spiro atoms. The maximum absolute atomic E-state index is 13.1. The number of benzene rings is 1. The third kappa shape index (κ3) is 4.13. The molecule has 0 bridgehead atoms. The molecule has 0 radical (unpaired) electrons. The van der Waals surface area contributed by atoms with Gasteiger partial charge >= 0.3 is 0 Å². The summed E-state index contributed by atoms with van der Waals surface area (Å²) in [5.41, 5.74) is 0.371. The largest absolute Gasteiger partial charge is 0.351 e. The van der Waals surface area contributed by atoms with Gasteiger partial charge in [-0.15, -0.1) is 0 Å². The molecule has 1 rings (SSSR count). The highest BCUT2D eigenvalue weighted by Gasteiger charge is 2.06. The van der Waals surface area contributed by atoms with E-state index in [0.29, 0.717) is 10.6 Å². The van der Waals surface area contributed by atoms with Crippen LogP contribution in [0.5, 0.6) is 0 Å². The van der Waals surface area contributed by atoms with E-state index in [1.54, 1.807) is 18.2 Å². The van der Waals surface area contributed by atoms with Gasteiger partial charge in [0.05, 0.1) is 13.0 Å². The molecule has 80 valence electrons. The highest BCUT2D eigenvalue weighted by Crippen LogP contribution is 2.06. The van der Waals surface area contributed by atoms with Crippen LogP contribution in [0, 0.1) is 5.82 Å². The van der Waals surface area contributed by atoms with Crippen molar-refractivity contribution in [2.24, 2.45) is 0 Å². The van der Waals surface area contributed by atoms with Gasteiger partial charge in [0.15, 0.2) is 0 Å². The number of carbonyl (C=O) groups is 1. The Hall–Kier alpha value is -1.35. The van der Waals surface area contributed by atoms with Crippen molar-refractivity contribution >= 4 is 17.5 Å². The smallest absolute Gasteiger partial charge is 0.224 e. The first-order chi connectivity index (χ1) is 7.09. The fourth-order valence-corrected chi connectivity index (χ4v) is 1.14. The van der Waals surface area contributed by atoms with E-state index in [4.69, 9.17) is 11.6 Å². The number of hydrogen-bond donors (Lipinski definition) is 1. The molecule has 1 amide bonds. The number of amides is 1. The number of carbonyl (C=O) groups excluding carboxylic acids is 1. The van der Waals surface area contributed by atoms with Crippen molar-refractivity contribution in [1.82, 2.24) is 5.32 Å². The van der Waals surface area contributed by atoms with Gasteiger partial charge in [-0.2, -0.15) is 0 Å². The first-order valence-corrected chi connectivity index (χ1v) is 4.81. The number of halogens is 2. The van der Waals surface area contributed by atoms with Crippen LogP contribution in [0.15, 0.2) is 35.9 Å². The average Bonchev–Trinajstić information content (AvgIpc) is 2.18. The zero-order valence-corrected chi connectivity index (χ0v) is 8.85. The SMILES string of the molecule is C=C(Cl)CNC(=O)Cc1ccccc1F. The van der Waals surface area contributed by atoms with E-state index in [0.717, 1.165) is 0 Å². The molecule has 0 saturated carbocycles. The van der Waals surface area contributed by atoms with Gasteiger partial charge in [0.2, 0.25) is 5.91 Å². The quantitative estimate of drug-likeness (QED) is 0.840. The van der Waals surface area contributed by atoms with Gasteiger partial charge in [0.1, 0.15) is 5.82 Å². The first kappa shape index (κ1) is 11.7. The molecule has 0 unspecified atom stereocenters. The van der Waals surface area contributed by atoms with Gasteiger partial charge in [0, 0.05) is 5.03 Å². The lowest BCUT2D eigenvalue weighted by Gasteiger charge is -2.04. The Morgan fingerprint density at radius 1 is 1.47 bits per heavy atom. The maximum atomic E-state index is 13.1. The second-order valence-electron chi connectivity index (χ2n) is 3.06. The molecule has 15 heavy (non-hydrogen) atoms. The van der Waals surface area contributed by atoms with Gasteiger partial charge in [-0.3, -0.25) is 4.79 Å². The van der Waals surface area contributed by atoms with E-state index in [9.17, 15) is 9.18 Å². The maximum Gasteiger partial charge on any atom is 0.224 e. The van der Waals surface area contributed by atoms with Gasteiger partial charge < -0.3 is 5.32 Å². The summed E-state index contributed by atoms with van der Waals surface area (Å²) < 4.78 is 13.1. The Labute approximate surface area is 92.7 Å². The number of hydrogen-bond acceptors (Lipinski definition) is 1. The molecule has 4 heteroatoms. The summed E-state index contributed by atoms with van der Waals surface area (Å²) >= 11 is 5.47. The summed E-state index contributed by atoms with van der Waals surface area (Å²) in [5, 5.41) is 2.87. The van der Waals surface area contributed by atoms with Crippen LogP contribution in [0.2, 0.25) is 0 Å². The molecular weight excluding hydrogens is 217 g/mol. The van der Waals surface area contributed by atoms with Crippen molar-refractivity contribution in [2.45, 2.75) is 6.42 Å². The predicted octanol–water partition coefficient (Wildman–Crippen LogP) is 2.24. The molecule has 0 saturated heterocycles. The fraction of sp³-hybridized carbons (Fsp3) is 0.182. The van der Waals surface area contributed by atoms with Crippen molar-refractivity contribution in [3.63, 3.8) is 0 Å². The van der Waals surface area contributed by atoms with Crippen LogP contribution in [-0.4, -0.2) is 12.5 Å². The molecule has 0 atom stereocenters. The summed E-state index contributed by atoms with van der Waals surface area (Å²) in [6.45, 7) is 3.63. The van der Waals surface area contributed by atoms with Crippen LogP contribution >= 0.6 is 11.6 Å². The Kier molecular flexibility index (Phi) is 4.31. The van der Waals surface area contributed by atoms with E-state index in [1.165, 1.54) is 6.07 Å². The lowest BCUT2D eigenvalue weighted by molar-refractivity contribution is -0.120. The minimum atomic E-state index is -0.377. The Morgan fingerprint density at radius 2 is 2.13 bits per heavy atom. The highest BCUT2D eigenvalue weighted by atomic mass is 35.5. The summed E-state index contributed by atoms with van der Waals surface area (Å²) in [7, 11) is 0. The molecule has 0 aliphatic heterocycles. The fourth-order valence-electron chi connectivity index (χ4n) is 1.07. The van der Waals surface area contributed by atoms with E-state index < -0.39 is 0 Å². The van der Waals surface area contributed by atoms with Crippen LogP contribution < -0.4 is 5.32 Å². The predicted molar refractivity (Wildman–Crippen MR) is 58.1 cm³/mol. The van der Waals surface area contributed by atoms with Gasteiger partial charge in [-0.05, 0) is 11.6 Å². The third-order valence-corrected chi connectivity index (χ3v) is 1.92. The lowest BCUT2D eigenvalue weighted by Crippen LogP contribution is -2.26. The van der Waals surface area contributed by atoms with Crippen LogP contribution in [0.3, 0.4) is 0 Å². The molecule has 0 heterocycles. The van der Waals surface area contributed by atoms with Crippen molar-refractivity contribution in [3.05, 3.63) is 47.3 Å². The van der Waals surface area contributed by atoms with Crippen LogP contribution in [0.4, 0.5) is 4.39 Å². The second kappa shape index (κ2) is 5.51. The Morgan fingerprint density at radius 3 is 2.73 bits per heavy atom. The van der Waals surface area contributed by atoms with Crippen LogP contribution in [0.1, 0.15) is 5.56 Å². The number of rotatable bonds is 4. The molecule has 1 N–H and O–H groups in total. The van der Waals surface area contributed by atoms with Crippen molar-refractivity contribution in [3.8, 4) is 0 Å². The summed E-state index contributed by atoms with van der Waals surface area (Å²) in [5.74, 6) is -0.653. The van der Waals surface area contributed by atoms with E-state index >= 15 is 0 Å². The third-order valence-electron chi connectivity index (χ3n) is 1.79. The Bertz CT molecular complexity index is 379. The summed E-state index contributed by atoms with van der Waals surface area (Å²) in [6, 6.07) is 6.16. The van der Waals surface area contributed by atoms with Crippen molar-refractivity contribution in [1.29, 1.82) is 0 Å². The normalized spacial score (nSPS) is 9.73. The molecular formula is C11H11ClFNO. The average molecular weight is 228 g/mol. The summed E-state index contributed by atoms with van der Waals surface area (Å²) in [6.07, 6.45) is 0.0108. The van der Waals surface area contributed by atoms with Crippen LogP contribution in [0.25, 0.3) is 0 Å². The molecule has 0 aliphatic rings. The van der Waals surface area contributed by atoms with Crippen molar-refractivity contribution < 1.29 is 9.18 Å². The van der Waals surface area contributed by atoms with Crippen molar-refractivity contribution in [2.75, 3.05) is 6.54 Å².